The number of hydrogen-bond acceptors (Lipinski definition) is 3. The lowest BCUT2D eigenvalue weighted by Gasteiger charge is -2.01. The zero-order chi connectivity index (χ0) is 8.97. The number of anilines is 1. The number of carbonyl (C=O) groups excluding carboxylic acids is 1. The highest BCUT2D eigenvalue weighted by atomic mass is 16.5. The summed E-state index contributed by atoms with van der Waals surface area (Å²) >= 11 is 0. The zero-order valence-corrected chi connectivity index (χ0v) is 6.91. The molecule has 1 aromatic rings. The summed E-state index contributed by atoms with van der Waals surface area (Å²) in [5.41, 5.74) is 6.55. The van der Waals surface area contributed by atoms with Crippen molar-refractivity contribution in [3.05, 3.63) is 29.8 Å². The van der Waals surface area contributed by atoms with E-state index in [0.29, 0.717) is 17.9 Å². The molecule has 2 N–H and O–H groups in total. The van der Waals surface area contributed by atoms with Crippen LogP contribution < -0.4 is 5.73 Å². The molecule has 0 aliphatic carbocycles. The van der Waals surface area contributed by atoms with Crippen LogP contribution in [0.4, 0.5) is 5.69 Å². The minimum absolute atomic E-state index is 0. The number of carbonyl (C=O) groups is 1. The van der Waals surface area contributed by atoms with Crippen molar-refractivity contribution in [3.63, 3.8) is 0 Å². The molecular weight excluding hydrogens is 154 g/mol. The van der Waals surface area contributed by atoms with Crippen LogP contribution in [0.2, 0.25) is 0 Å². The van der Waals surface area contributed by atoms with E-state index in [4.69, 9.17) is 10.5 Å². The Labute approximate surface area is 72.6 Å². The zero-order valence-electron chi connectivity index (χ0n) is 6.91. The molecule has 0 aromatic heterocycles. The Morgan fingerprint density at radius 2 is 2.42 bits per heavy atom. The molecule has 12 heavy (non-hydrogen) atoms. The number of hydrogen-bond donors (Lipinski definition) is 1. The normalized spacial score (nSPS) is 9.42. The maximum atomic E-state index is 11.1. The molecule has 0 spiro atoms. The van der Waals surface area contributed by atoms with E-state index in [2.05, 4.69) is 0 Å². The average molecular weight is 167 g/mol. The highest BCUT2D eigenvalue weighted by Crippen LogP contribution is 2.07. The van der Waals surface area contributed by atoms with Crippen molar-refractivity contribution in [2.45, 2.75) is 6.92 Å². The van der Waals surface area contributed by atoms with E-state index in [1.165, 1.54) is 0 Å². The van der Waals surface area contributed by atoms with Gasteiger partial charge in [-0.25, -0.2) is 4.79 Å². The highest BCUT2D eigenvalue weighted by molar-refractivity contribution is 5.90. The molecule has 0 bridgehead atoms. The summed E-state index contributed by atoms with van der Waals surface area (Å²) in [5.74, 6) is -0.329. The van der Waals surface area contributed by atoms with Crippen molar-refractivity contribution in [3.8, 4) is 0 Å². The number of benzene rings is 1. The third-order valence-electron chi connectivity index (χ3n) is 1.40. The first-order valence-corrected chi connectivity index (χ1v) is 3.76. The van der Waals surface area contributed by atoms with E-state index < -0.39 is 0 Å². The Balaban J connectivity index is 0.00000144. The second kappa shape index (κ2) is 3.76. The summed E-state index contributed by atoms with van der Waals surface area (Å²) in [7, 11) is 0. The fourth-order valence-corrected chi connectivity index (χ4v) is 0.880. The summed E-state index contributed by atoms with van der Waals surface area (Å²) in [4.78, 5) is 11.1. The highest BCUT2D eigenvalue weighted by Gasteiger charge is 2.04. The molecular formula is C9H13NO2. The number of rotatable bonds is 2. The van der Waals surface area contributed by atoms with Crippen LogP contribution in [0.1, 0.15) is 18.7 Å². The molecule has 0 unspecified atom stereocenters. The minimum Gasteiger partial charge on any atom is -0.462 e. The van der Waals surface area contributed by atoms with Crippen LogP contribution in [-0.2, 0) is 4.74 Å². The SMILES string of the molecule is CCOC(=O)c1cccc(N)c1.[HH]. The second-order valence-corrected chi connectivity index (χ2v) is 2.35. The van der Waals surface area contributed by atoms with Gasteiger partial charge in [0.25, 0.3) is 0 Å². The smallest absolute Gasteiger partial charge is 0.338 e. The third-order valence-corrected chi connectivity index (χ3v) is 1.40. The second-order valence-electron chi connectivity index (χ2n) is 2.35. The lowest BCUT2D eigenvalue weighted by molar-refractivity contribution is 0.0526. The maximum absolute atomic E-state index is 11.1. The third kappa shape index (κ3) is 1.99. The first kappa shape index (κ1) is 8.59. The molecule has 66 valence electrons. The van der Waals surface area contributed by atoms with E-state index in [1.54, 1.807) is 31.2 Å². The molecule has 1 rings (SSSR count). The molecule has 3 heteroatoms. The van der Waals surface area contributed by atoms with Gasteiger partial charge in [0.05, 0.1) is 12.2 Å². The molecule has 3 nitrogen and oxygen atoms in total. The van der Waals surface area contributed by atoms with Gasteiger partial charge in [-0.05, 0) is 25.1 Å². The van der Waals surface area contributed by atoms with E-state index >= 15 is 0 Å². The predicted molar refractivity (Wildman–Crippen MR) is 48.9 cm³/mol. The van der Waals surface area contributed by atoms with Gasteiger partial charge in [-0.15, -0.1) is 0 Å². The lowest BCUT2D eigenvalue weighted by atomic mass is 10.2. The van der Waals surface area contributed by atoms with Crippen LogP contribution in [-0.4, -0.2) is 12.6 Å². The van der Waals surface area contributed by atoms with Crippen molar-refractivity contribution < 1.29 is 11.0 Å². The fourth-order valence-electron chi connectivity index (χ4n) is 0.880. The molecule has 0 atom stereocenters. The number of nitrogens with two attached hydrogens (primary N) is 1. The molecule has 0 aliphatic heterocycles. The molecule has 0 fully saturated rings. The topological polar surface area (TPSA) is 52.3 Å². The number of esters is 1. The van der Waals surface area contributed by atoms with Gasteiger partial charge in [0.15, 0.2) is 0 Å². The Morgan fingerprint density at radius 3 is 3.00 bits per heavy atom. The molecule has 0 saturated carbocycles. The standard InChI is InChI=1S/C9H11NO2.H2/c1-2-12-9(11)7-4-3-5-8(10)6-7;/h3-6H,2,10H2,1H3;1H. The van der Waals surface area contributed by atoms with Crippen LogP contribution in [0.5, 0.6) is 0 Å². The van der Waals surface area contributed by atoms with Crippen LogP contribution in [0, 0.1) is 0 Å². The van der Waals surface area contributed by atoms with Crippen molar-refractivity contribution >= 4 is 11.7 Å². The largest absolute Gasteiger partial charge is 0.462 e. The lowest BCUT2D eigenvalue weighted by Crippen LogP contribution is -2.04. The van der Waals surface area contributed by atoms with Crippen LogP contribution in [0.3, 0.4) is 0 Å². The number of ether oxygens (including phenoxy) is 1. The maximum Gasteiger partial charge on any atom is 0.338 e. The van der Waals surface area contributed by atoms with Gasteiger partial charge in [0, 0.05) is 7.11 Å². The summed E-state index contributed by atoms with van der Waals surface area (Å²) in [5, 5.41) is 0. The molecule has 0 aliphatic rings. The Morgan fingerprint density at radius 1 is 1.67 bits per heavy atom. The van der Waals surface area contributed by atoms with Crippen molar-refractivity contribution in [1.82, 2.24) is 0 Å². The molecule has 0 saturated heterocycles. The molecule has 1 aromatic carbocycles. The predicted octanol–water partition coefficient (Wildman–Crippen LogP) is 1.69. The average Bonchev–Trinajstić information content (AvgIpc) is 2.05. The van der Waals surface area contributed by atoms with Crippen LogP contribution in [0.15, 0.2) is 24.3 Å². The first-order chi connectivity index (χ1) is 5.74. The van der Waals surface area contributed by atoms with Crippen molar-refractivity contribution in [2.24, 2.45) is 0 Å². The van der Waals surface area contributed by atoms with Crippen LogP contribution in [0.25, 0.3) is 0 Å². The van der Waals surface area contributed by atoms with Gasteiger partial charge in [0.1, 0.15) is 0 Å². The van der Waals surface area contributed by atoms with Crippen molar-refractivity contribution in [2.75, 3.05) is 12.3 Å². The van der Waals surface area contributed by atoms with Crippen LogP contribution >= 0.6 is 0 Å². The van der Waals surface area contributed by atoms with Gasteiger partial charge < -0.3 is 10.5 Å². The molecule has 0 amide bonds. The fraction of sp³-hybridized carbons (Fsp3) is 0.222. The first-order valence-electron chi connectivity index (χ1n) is 3.76. The van der Waals surface area contributed by atoms with Gasteiger partial charge in [-0.1, -0.05) is 6.07 Å². The Bertz CT molecular complexity index is 289. The monoisotopic (exact) mass is 167 g/mol. The molecule has 0 radical (unpaired) electrons. The minimum atomic E-state index is -0.329. The summed E-state index contributed by atoms with van der Waals surface area (Å²) in [6.07, 6.45) is 0. The summed E-state index contributed by atoms with van der Waals surface area (Å²) in [6, 6.07) is 6.72. The summed E-state index contributed by atoms with van der Waals surface area (Å²) in [6.45, 7) is 2.15. The number of nitrogen functional groups attached to an aromatic ring is 1. The van der Waals surface area contributed by atoms with E-state index in [0.717, 1.165) is 0 Å². The molecule has 0 heterocycles. The van der Waals surface area contributed by atoms with Crippen molar-refractivity contribution in [1.29, 1.82) is 0 Å². The van der Waals surface area contributed by atoms with E-state index in [1.807, 2.05) is 0 Å². The van der Waals surface area contributed by atoms with Gasteiger partial charge in [0.2, 0.25) is 0 Å². The summed E-state index contributed by atoms with van der Waals surface area (Å²) < 4.78 is 4.79. The van der Waals surface area contributed by atoms with Gasteiger partial charge in [-0.2, -0.15) is 0 Å². The van der Waals surface area contributed by atoms with E-state index in [-0.39, 0.29) is 7.40 Å². The van der Waals surface area contributed by atoms with Gasteiger partial charge >= 0.3 is 5.97 Å². The Hall–Kier alpha value is -1.51. The van der Waals surface area contributed by atoms with E-state index in [9.17, 15) is 4.79 Å². The Kier molecular flexibility index (Phi) is 2.69. The quantitative estimate of drug-likeness (QED) is 0.538. The van der Waals surface area contributed by atoms with Gasteiger partial charge in [-0.3, -0.25) is 0 Å².